The van der Waals surface area contributed by atoms with E-state index in [9.17, 15) is 24.5 Å². The molecule has 1 amide bonds. The van der Waals surface area contributed by atoms with E-state index in [0.717, 1.165) is 12.1 Å². The first-order chi connectivity index (χ1) is 14.1. The molecule has 0 heterocycles. The lowest BCUT2D eigenvalue weighted by Gasteiger charge is -2.17. The Balaban J connectivity index is 2.91. The zero-order valence-electron chi connectivity index (χ0n) is 16.1. The van der Waals surface area contributed by atoms with Gasteiger partial charge < -0.3 is 15.8 Å². The summed E-state index contributed by atoms with van der Waals surface area (Å²) in [5.74, 6) is -1.89. The minimum absolute atomic E-state index is 0.00130. The number of carbonyl (C=O) groups is 3. The van der Waals surface area contributed by atoms with Crippen molar-refractivity contribution >= 4 is 46.7 Å². The van der Waals surface area contributed by atoms with Crippen LogP contribution in [0.5, 0.6) is 0 Å². The van der Waals surface area contributed by atoms with Crippen molar-refractivity contribution in [3.05, 3.63) is 50.2 Å². The van der Waals surface area contributed by atoms with Gasteiger partial charge in [-0.2, -0.15) is 17.0 Å². The third kappa shape index (κ3) is 7.06. The standard InChI is InChI=1S/C18H19ClN4O6S/c1-10(21)13(8-20)16(24)9-29-18(26)15(5-6-30-2)22-17(25)12-4-3-11(23(27)28)7-14(12)19/h3-4,7,15H,5-6,9,21H2,1-2H3,(H,22,25). The Hall–Kier alpha value is -3.10. The molecule has 0 aliphatic rings. The quantitative estimate of drug-likeness (QED) is 0.176. The van der Waals surface area contributed by atoms with Crippen molar-refractivity contribution in [1.29, 1.82) is 5.26 Å². The molecule has 160 valence electrons. The lowest BCUT2D eigenvalue weighted by Crippen LogP contribution is -2.43. The maximum absolute atomic E-state index is 12.5. The summed E-state index contributed by atoms with van der Waals surface area (Å²) in [6.45, 7) is 0.661. The number of allylic oxidation sites excluding steroid dienone is 1. The van der Waals surface area contributed by atoms with Crippen LogP contribution in [0, 0.1) is 21.4 Å². The minimum atomic E-state index is -1.10. The maximum atomic E-state index is 12.5. The highest BCUT2D eigenvalue weighted by Crippen LogP contribution is 2.22. The van der Waals surface area contributed by atoms with Crippen LogP contribution < -0.4 is 11.1 Å². The number of nitriles is 1. The van der Waals surface area contributed by atoms with Gasteiger partial charge in [0.15, 0.2) is 6.61 Å². The number of Topliss-reactive ketones (excluding diaryl/α,β-unsaturated/α-hetero) is 1. The van der Waals surface area contributed by atoms with Gasteiger partial charge in [0.25, 0.3) is 11.6 Å². The van der Waals surface area contributed by atoms with E-state index in [1.165, 1.54) is 24.8 Å². The molecule has 30 heavy (non-hydrogen) atoms. The number of halogens is 1. The van der Waals surface area contributed by atoms with Gasteiger partial charge in [0.2, 0.25) is 5.78 Å². The maximum Gasteiger partial charge on any atom is 0.329 e. The Morgan fingerprint density at radius 3 is 2.60 bits per heavy atom. The molecule has 3 N–H and O–H groups in total. The SMILES string of the molecule is CSCCC(NC(=O)c1ccc([N+](=O)[O-])cc1Cl)C(=O)OCC(=O)C(C#N)=C(C)N. The first-order valence-electron chi connectivity index (χ1n) is 8.42. The molecule has 1 atom stereocenters. The van der Waals surface area contributed by atoms with Crippen LogP contribution in [0.2, 0.25) is 5.02 Å². The van der Waals surface area contributed by atoms with Crippen molar-refractivity contribution in [2.24, 2.45) is 5.73 Å². The number of esters is 1. The van der Waals surface area contributed by atoms with Gasteiger partial charge >= 0.3 is 5.97 Å². The molecule has 0 fully saturated rings. The predicted molar refractivity (Wildman–Crippen MR) is 111 cm³/mol. The molecule has 0 spiro atoms. The number of thioether (sulfide) groups is 1. The van der Waals surface area contributed by atoms with Gasteiger partial charge in [-0.1, -0.05) is 11.6 Å². The highest BCUT2D eigenvalue weighted by atomic mass is 35.5. The van der Waals surface area contributed by atoms with E-state index in [1.807, 2.05) is 0 Å². The van der Waals surface area contributed by atoms with Gasteiger partial charge in [0, 0.05) is 17.8 Å². The van der Waals surface area contributed by atoms with Crippen molar-refractivity contribution in [3.63, 3.8) is 0 Å². The number of nitro benzene ring substituents is 1. The summed E-state index contributed by atoms with van der Waals surface area (Å²) < 4.78 is 4.94. The van der Waals surface area contributed by atoms with E-state index >= 15 is 0 Å². The Bertz CT molecular complexity index is 924. The molecule has 10 nitrogen and oxygen atoms in total. The number of nitrogens with zero attached hydrogens (tertiary/aromatic N) is 2. The fourth-order valence-electron chi connectivity index (χ4n) is 2.20. The number of ketones is 1. The van der Waals surface area contributed by atoms with Gasteiger partial charge in [-0.05, 0) is 31.4 Å². The van der Waals surface area contributed by atoms with Crippen molar-refractivity contribution in [1.82, 2.24) is 5.32 Å². The molecule has 0 bridgehead atoms. The highest BCUT2D eigenvalue weighted by molar-refractivity contribution is 7.98. The average Bonchev–Trinajstić information content (AvgIpc) is 2.69. The zero-order valence-corrected chi connectivity index (χ0v) is 17.7. The molecule has 12 heteroatoms. The lowest BCUT2D eigenvalue weighted by atomic mass is 10.1. The number of nitrogens with two attached hydrogens (primary N) is 1. The molecular weight excluding hydrogens is 436 g/mol. The van der Waals surface area contributed by atoms with E-state index in [4.69, 9.17) is 27.3 Å². The Morgan fingerprint density at radius 1 is 1.43 bits per heavy atom. The third-order valence-corrected chi connectivity index (χ3v) is 4.70. The summed E-state index contributed by atoms with van der Waals surface area (Å²) in [6, 6.07) is 3.84. The van der Waals surface area contributed by atoms with E-state index < -0.39 is 35.2 Å². The smallest absolute Gasteiger partial charge is 0.329 e. The van der Waals surface area contributed by atoms with Gasteiger partial charge in [0.1, 0.15) is 17.7 Å². The molecule has 0 aliphatic carbocycles. The van der Waals surface area contributed by atoms with E-state index in [0.29, 0.717) is 5.75 Å². The van der Waals surface area contributed by atoms with Gasteiger partial charge in [0.05, 0.1) is 15.5 Å². The number of benzene rings is 1. The highest BCUT2D eigenvalue weighted by Gasteiger charge is 2.25. The second-order valence-corrected chi connectivity index (χ2v) is 7.32. The topological polar surface area (TPSA) is 165 Å². The second kappa shape index (κ2) is 11.8. The van der Waals surface area contributed by atoms with Crippen LogP contribution in [-0.4, -0.2) is 47.2 Å². The Labute approximate surface area is 181 Å². The average molecular weight is 455 g/mol. The predicted octanol–water partition coefficient (Wildman–Crippen LogP) is 1.97. The number of amides is 1. The van der Waals surface area contributed by atoms with Crippen molar-refractivity contribution in [2.75, 3.05) is 18.6 Å². The first kappa shape index (κ1) is 24.9. The number of hydrogen-bond donors (Lipinski definition) is 2. The number of non-ortho nitro benzene ring substituents is 1. The van der Waals surface area contributed by atoms with Crippen LogP contribution >= 0.6 is 23.4 Å². The molecule has 0 saturated heterocycles. The first-order valence-corrected chi connectivity index (χ1v) is 10.2. The molecule has 0 aromatic heterocycles. The van der Waals surface area contributed by atoms with Crippen LogP contribution in [0.15, 0.2) is 29.5 Å². The molecule has 0 saturated carbocycles. The summed E-state index contributed by atoms with van der Waals surface area (Å²) in [4.78, 5) is 46.9. The fraction of sp³-hybridized carbons (Fsp3) is 0.333. The summed E-state index contributed by atoms with van der Waals surface area (Å²) in [7, 11) is 0. The van der Waals surface area contributed by atoms with Crippen LogP contribution in [0.1, 0.15) is 23.7 Å². The number of carbonyl (C=O) groups excluding carboxylic acids is 3. The largest absolute Gasteiger partial charge is 0.456 e. The van der Waals surface area contributed by atoms with Crippen molar-refractivity contribution in [2.45, 2.75) is 19.4 Å². The van der Waals surface area contributed by atoms with Crippen molar-refractivity contribution in [3.8, 4) is 6.07 Å². The van der Waals surface area contributed by atoms with E-state index in [-0.39, 0.29) is 34.0 Å². The van der Waals surface area contributed by atoms with Crippen LogP contribution in [-0.2, 0) is 14.3 Å². The fourth-order valence-corrected chi connectivity index (χ4v) is 2.93. The Morgan fingerprint density at radius 2 is 2.10 bits per heavy atom. The second-order valence-electron chi connectivity index (χ2n) is 5.93. The number of hydrogen-bond acceptors (Lipinski definition) is 9. The monoisotopic (exact) mass is 454 g/mol. The molecule has 1 rings (SSSR count). The molecule has 1 aromatic carbocycles. The number of ether oxygens (including phenoxy) is 1. The number of nitro groups is 1. The van der Waals surface area contributed by atoms with Gasteiger partial charge in [-0.15, -0.1) is 0 Å². The molecular formula is C18H19ClN4O6S. The Kier molecular flexibility index (Phi) is 9.80. The van der Waals surface area contributed by atoms with E-state index in [2.05, 4.69) is 5.32 Å². The van der Waals surface area contributed by atoms with Crippen LogP contribution in [0.25, 0.3) is 0 Å². The van der Waals surface area contributed by atoms with Crippen LogP contribution in [0.4, 0.5) is 5.69 Å². The third-order valence-electron chi connectivity index (χ3n) is 3.74. The minimum Gasteiger partial charge on any atom is -0.456 e. The summed E-state index contributed by atoms with van der Waals surface area (Å²) in [6.07, 6.45) is 2.00. The summed E-state index contributed by atoms with van der Waals surface area (Å²) in [5.41, 5.74) is 4.77. The van der Waals surface area contributed by atoms with Gasteiger partial charge in [-0.3, -0.25) is 19.7 Å². The molecule has 0 aliphatic heterocycles. The lowest BCUT2D eigenvalue weighted by molar-refractivity contribution is -0.384. The molecule has 1 aromatic rings. The number of rotatable bonds is 10. The summed E-state index contributed by atoms with van der Waals surface area (Å²) >= 11 is 7.36. The van der Waals surface area contributed by atoms with Gasteiger partial charge in [-0.25, -0.2) is 4.79 Å². The normalized spacial score (nSPS) is 12.2. The van der Waals surface area contributed by atoms with Crippen LogP contribution in [0.3, 0.4) is 0 Å². The molecule has 1 unspecified atom stereocenters. The van der Waals surface area contributed by atoms with E-state index in [1.54, 1.807) is 12.3 Å². The van der Waals surface area contributed by atoms with Crippen molar-refractivity contribution < 1.29 is 24.0 Å². The molecule has 0 radical (unpaired) electrons. The number of nitrogens with one attached hydrogen (secondary N) is 1. The zero-order chi connectivity index (χ0) is 22.8. The summed E-state index contributed by atoms with van der Waals surface area (Å²) in [5, 5.41) is 22.0.